The Morgan fingerprint density at radius 2 is 1.96 bits per heavy atom. The Kier molecular flexibility index (Phi) is 4.56. The van der Waals surface area contributed by atoms with Gasteiger partial charge in [-0.25, -0.2) is 5.43 Å². The maximum absolute atomic E-state index is 12.1. The van der Waals surface area contributed by atoms with Crippen LogP contribution in [0.15, 0.2) is 59.7 Å². The lowest BCUT2D eigenvalue weighted by molar-refractivity contribution is -0.385. The van der Waals surface area contributed by atoms with Gasteiger partial charge >= 0.3 is 0 Å². The second-order valence-corrected chi connectivity index (χ2v) is 5.54. The molecular formula is C18H16N4O3. The van der Waals surface area contributed by atoms with Gasteiger partial charge in [0.1, 0.15) is 0 Å². The third kappa shape index (κ3) is 3.55. The van der Waals surface area contributed by atoms with Gasteiger partial charge in [-0.2, -0.15) is 5.10 Å². The fourth-order valence-corrected chi connectivity index (χ4v) is 2.66. The van der Waals surface area contributed by atoms with Crippen molar-refractivity contribution in [3.05, 3.63) is 76.0 Å². The molecule has 0 spiro atoms. The van der Waals surface area contributed by atoms with E-state index in [0.29, 0.717) is 5.56 Å². The summed E-state index contributed by atoms with van der Waals surface area (Å²) in [6.45, 7) is 0. The van der Waals surface area contributed by atoms with Crippen LogP contribution < -0.4 is 5.43 Å². The monoisotopic (exact) mass is 336 g/mol. The Bertz CT molecular complexity index is 975. The average Bonchev–Trinajstić information content (AvgIpc) is 2.91. The summed E-state index contributed by atoms with van der Waals surface area (Å²) in [5.41, 5.74) is 4.59. The molecule has 0 saturated heterocycles. The minimum atomic E-state index is -0.487. The van der Waals surface area contributed by atoms with Crippen LogP contribution in [-0.2, 0) is 18.3 Å². The topological polar surface area (TPSA) is 89.5 Å². The molecule has 0 aliphatic carbocycles. The summed E-state index contributed by atoms with van der Waals surface area (Å²) in [5.74, 6) is -0.291. The number of aromatic nitrogens is 1. The normalized spacial score (nSPS) is 11.1. The minimum absolute atomic E-state index is 0.0609. The average molecular weight is 336 g/mol. The summed E-state index contributed by atoms with van der Waals surface area (Å²) in [5, 5.41) is 15.8. The van der Waals surface area contributed by atoms with E-state index in [9.17, 15) is 14.9 Å². The van der Waals surface area contributed by atoms with Gasteiger partial charge in [-0.3, -0.25) is 14.9 Å². The first-order valence-corrected chi connectivity index (χ1v) is 7.65. The highest BCUT2D eigenvalue weighted by Gasteiger charge is 2.11. The first kappa shape index (κ1) is 16.4. The number of hydrazone groups is 1. The van der Waals surface area contributed by atoms with Crippen molar-refractivity contribution in [3.8, 4) is 0 Å². The minimum Gasteiger partial charge on any atom is -0.347 e. The van der Waals surface area contributed by atoms with Crippen LogP contribution in [0, 0.1) is 10.1 Å². The van der Waals surface area contributed by atoms with E-state index < -0.39 is 4.92 Å². The van der Waals surface area contributed by atoms with E-state index in [4.69, 9.17) is 0 Å². The first-order valence-electron chi connectivity index (χ1n) is 7.65. The second-order valence-electron chi connectivity index (χ2n) is 5.54. The van der Waals surface area contributed by atoms with E-state index in [2.05, 4.69) is 10.5 Å². The Hall–Kier alpha value is -3.48. The Morgan fingerprint density at radius 3 is 2.72 bits per heavy atom. The molecule has 1 N–H and O–H groups in total. The van der Waals surface area contributed by atoms with Gasteiger partial charge in [0.15, 0.2) is 0 Å². The molecule has 7 nitrogen and oxygen atoms in total. The zero-order valence-electron chi connectivity index (χ0n) is 13.5. The van der Waals surface area contributed by atoms with Crippen LogP contribution >= 0.6 is 0 Å². The lowest BCUT2D eigenvalue weighted by atomic mass is 10.2. The molecule has 0 atom stereocenters. The summed E-state index contributed by atoms with van der Waals surface area (Å²) in [6, 6.07) is 16.0. The number of nitro benzene ring substituents is 1. The fraction of sp³-hybridized carbons (Fsp3) is 0.111. The molecule has 2 aromatic carbocycles. The fourth-order valence-electron chi connectivity index (χ4n) is 2.66. The molecule has 0 radical (unpaired) electrons. The zero-order chi connectivity index (χ0) is 17.8. The predicted molar refractivity (Wildman–Crippen MR) is 95.5 cm³/mol. The molecule has 7 heteroatoms. The van der Waals surface area contributed by atoms with E-state index in [0.717, 1.165) is 16.6 Å². The lowest BCUT2D eigenvalue weighted by Crippen LogP contribution is -2.21. The highest BCUT2D eigenvalue weighted by Crippen LogP contribution is 2.18. The van der Waals surface area contributed by atoms with Crippen molar-refractivity contribution in [2.45, 2.75) is 6.42 Å². The summed E-state index contributed by atoms with van der Waals surface area (Å²) < 4.78 is 1.96. The van der Waals surface area contributed by atoms with E-state index in [1.165, 1.54) is 12.3 Å². The van der Waals surface area contributed by atoms with Crippen LogP contribution in [-0.4, -0.2) is 21.6 Å². The highest BCUT2D eigenvalue weighted by molar-refractivity contribution is 5.88. The number of carbonyl (C=O) groups excluding carboxylic acids is 1. The van der Waals surface area contributed by atoms with Crippen molar-refractivity contribution < 1.29 is 9.72 Å². The van der Waals surface area contributed by atoms with Crippen LogP contribution in [0.4, 0.5) is 5.69 Å². The quantitative estimate of drug-likeness (QED) is 0.441. The maximum atomic E-state index is 12.1. The number of amides is 1. The predicted octanol–water partition coefficient (Wildman–Crippen LogP) is 2.78. The van der Waals surface area contributed by atoms with Crippen molar-refractivity contribution in [3.63, 3.8) is 0 Å². The number of carbonyl (C=O) groups is 1. The van der Waals surface area contributed by atoms with Crippen LogP contribution in [0.25, 0.3) is 10.9 Å². The SMILES string of the molecule is Cn1c(CC(=O)N/N=C\c2ccccc2[N+](=O)[O-])cc2ccccc21. The first-order chi connectivity index (χ1) is 12.1. The third-order valence-electron chi connectivity index (χ3n) is 3.92. The molecule has 3 aromatic rings. The largest absolute Gasteiger partial charge is 0.347 e. The highest BCUT2D eigenvalue weighted by atomic mass is 16.6. The number of nitrogens with zero attached hydrogens (tertiary/aromatic N) is 3. The van der Waals surface area contributed by atoms with E-state index in [1.54, 1.807) is 18.2 Å². The molecule has 0 saturated carbocycles. The number of nitrogens with one attached hydrogen (secondary N) is 1. The van der Waals surface area contributed by atoms with Crippen LogP contribution in [0.3, 0.4) is 0 Å². The molecule has 3 rings (SSSR count). The Labute approximate surface area is 143 Å². The van der Waals surface area contributed by atoms with E-state index in [1.807, 2.05) is 41.9 Å². The summed E-state index contributed by atoms with van der Waals surface area (Å²) >= 11 is 0. The summed E-state index contributed by atoms with van der Waals surface area (Å²) in [4.78, 5) is 22.5. The molecule has 0 unspecified atom stereocenters. The number of fused-ring (bicyclic) bond motifs is 1. The number of para-hydroxylation sites is 2. The van der Waals surface area contributed by atoms with Crippen molar-refractivity contribution in [1.82, 2.24) is 9.99 Å². The molecule has 0 bridgehead atoms. The van der Waals surface area contributed by atoms with Gasteiger partial charge in [0.05, 0.1) is 23.1 Å². The molecular weight excluding hydrogens is 320 g/mol. The van der Waals surface area contributed by atoms with Gasteiger partial charge in [-0.1, -0.05) is 30.3 Å². The van der Waals surface area contributed by atoms with Crippen LogP contribution in [0.2, 0.25) is 0 Å². The molecule has 0 fully saturated rings. The molecule has 1 heterocycles. The number of aryl methyl sites for hydroxylation is 1. The number of rotatable bonds is 5. The van der Waals surface area contributed by atoms with Gasteiger partial charge in [0, 0.05) is 24.3 Å². The van der Waals surface area contributed by atoms with Crippen molar-refractivity contribution in [2.75, 3.05) is 0 Å². The molecule has 1 amide bonds. The Balaban J connectivity index is 1.69. The van der Waals surface area contributed by atoms with Crippen molar-refractivity contribution in [1.29, 1.82) is 0 Å². The number of nitro groups is 1. The third-order valence-corrected chi connectivity index (χ3v) is 3.92. The lowest BCUT2D eigenvalue weighted by Gasteiger charge is -2.03. The number of hydrogen-bond donors (Lipinski definition) is 1. The van der Waals surface area contributed by atoms with Gasteiger partial charge in [-0.05, 0) is 23.6 Å². The van der Waals surface area contributed by atoms with E-state index >= 15 is 0 Å². The number of benzene rings is 2. The smallest absolute Gasteiger partial charge is 0.278 e. The van der Waals surface area contributed by atoms with Crippen LogP contribution in [0.5, 0.6) is 0 Å². The molecule has 0 aliphatic heterocycles. The zero-order valence-corrected chi connectivity index (χ0v) is 13.5. The summed E-state index contributed by atoms with van der Waals surface area (Å²) in [6.07, 6.45) is 1.44. The second kappa shape index (κ2) is 6.96. The summed E-state index contributed by atoms with van der Waals surface area (Å²) in [7, 11) is 1.90. The van der Waals surface area contributed by atoms with Gasteiger partial charge in [0.2, 0.25) is 5.91 Å². The van der Waals surface area contributed by atoms with Gasteiger partial charge in [-0.15, -0.1) is 0 Å². The maximum Gasteiger partial charge on any atom is 0.278 e. The van der Waals surface area contributed by atoms with Gasteiger partial charge in [0.25, 0.3) is 5.69 Å². The molecule has 126 valence electrons. The molecule has 1 aromatic heterocycles. The van der Waals surface area contributed by atoms with Crippen molar-refractivity contribution >= 4 is 28.7 Å². The van der Waals surface area contributed by atoms with Gasteiger partial charge < -0.3 is 4.57 Å². The standard InChI is InChI=1S/C18H16N4O3/c1-21-15(10-13-6-2-4-8-16(13)21)11-18(23)20-19-12-14-7-3-5-9-17(14)22(24)25/h2-10,12H,11H2,1H3,(H,20,23)/b19-12-. The number of hydrogen-bond acceptors (Lipinski definition) is 4. The van der Waals surface area contributed by atoms with Crippen LogP contribution in [0.1, 0.15) is 11.3 Å². The molecule has 0 aliphatic rings. The van der Waals surface area contributed by atoms with Crippen molar-refractivity contribution in [2.24, 2.45) is 12.1 Å². The Morgan fingerprint density at radius 1 is 1.24 bits per heavy atom. The molecule has 25 heavy (non-hydrogen) atoms. The van der Waals surface area contributed by atoms with E-state index in [-0.39, 0.29) is 18.0 Å².